The van der Waals surface area contributed by atoms with E-state index < -0.39 is 0 Å². The molecule has 0 spiro atoms. The van der Waals surface area contributed by atoms with Crippen molar-refractivity contribution in [1.82, 2.24) is 0 Å². The van der Waals surface area contributed by atoms with Gasteiger partial charge in [0.1, 0.15) is 6.23 Å². The van der Waals surface area contributed by atoms with Crippen LogP contribution in [-0.2, 0) is 10.2 Å². The summed E-state index contributed by atoms with van der Waals surface area (Å²) in [5.74, 6) is 0. The molecule has 1 fully saturated rings. The molecule has 2 heteroatoms. The SMILES string of the molecule is Cc1cccc2c1N[C@H]1OCC[C@@]21C. The Morgan fingerprint density at radius 3 is 3.21 bits per heavy atom. The van der Waals surface area contributed by atoms with Crippen LogP contribution in [0.2, 0.25) is 0 Å². The summed E-state index contributed by atoms with van der Waals surface area (Å²) in [4.78, 5) is 0. The predicted octanol–water partition coefficient (Wildman–Crippen LogP) is 2.42. The number of hydrogen-bond donors (Lipinski definition) is 1. The lowest BCUT2D eigenvalue weighted by molar-refractivity contribution is 0.112. The summed E-state index contributed by atoms with van der Waals surface area (Å²) in [5.41, 5.74) is 4.24. The van der Waals surface area contributed by atoms with Crippen molar-refractivity contribution < 1.29 is 4.74 Å². The number of hydrogen-bond acceptors (Lipinski definition) is 2. The van der Waals surface area contributed by atoms with E-state index >= 15 is 0 Å². The third-order valence-corrected chi connectivity index (χ3v) is 3.65. The minimum absolute atomic E-state index is 0.193. The molecule has 2 atom stereocenters. The lowest BCUT2D eigenvalue weighted by Gasteiger charge is -2.21. The quantitative estimate of drug-likeness (QED) is 0.676. The van der Waals surface area contributed by atoms with E-state index in [-0.39, 0.29) is 11.6 Å². The number of nitrogens with one attached hydrogen (secondary N) is 1. The zero-order chi connectivity index (χ0) is 9.76. The van der Waals surface area contributed by atoms with E-state index in [2.05, 4.69) is 37.4 Å². The first-order valence-electron chi connectivity index (χ1n) is 5.20. The molecule has 0 unspecified atom stereocenters. The molecule has 2 aliphatic heterocycles. The second-order valence-electron chi connectivity index (χ2n) is 4.56. The summed E-state index contributed by atoms with van der Waals surface area (Å²) in [6.45, 7) is 5.32. The van der Waals surface area contributed by atoms with Crippen molar-refractivity contribution in [1.29, 1.82) is 0 Å². The van der Waals surface area contributed by atoms with E-state index in [9.17, 15) is 0 Å². The maximum atomic E-state index is 5.71. The van der Waals surface area contributed by atoms with Crippen LogP contribution in [0.4, 0.5) is 5.69 Å². The van der Waals surface area contributed by atoms with Crippen LogP contribution in [0.25, 0.3) is 0 Å². The fourth-order valence-corrected chi connectivity index (χ4v) is 2.65. The number of benzene rings is 1. The van der Waals surface area contributed by atoms with Crippen LogP contribution in [0, 0.1) is 6.92 Å². The Morgan fingerprint density at radius 1 is 1.50 bits per heavy atom. The molecule has 3 rings (SSSR count). The number of para-hydroxylation sites is 1. The second kappa shape index (κ2) is 2.51. The number of fused-ring (bicyclic) bond motifs is 3. The van der Waals surface area contributed by atoms with Gasteiger partial charge in [-0.05, 0) is 24.5 Å². The molecule has 1 aromatic carbocycles. The minimum Gasteiger partial charge on any atom is -0.359 e. The molecule has 2 nitrogen and oxygen atoms in total. The molecule has 0 aliphatic carbocycles. The van der Waals surface area contributed by atoms with E-state index in [0.717, 1.165) is 13.0 Å². The average molecular weight is 189 g/mol. The summed E-state index contributed by atoms with van der Waals surface area (Å²) in [7, 11) is 0. The third-order valence-electron chi connectivity index (χ3n) is 3.65. The fraction of sp³-hybridized carbons (Fsp3) is 0.500. The van der Waals surface area contributed by atoms with Crippen LogP contribution in [0.1, 0.15) is 24.5 Å². The van der Waals surface area contributed by atoms with Gasteiger partial charge in [0.25, 0.3) is 0 Å². The van der Waals surface area contributed by atoms with Crippen molar-refractivity contribution in [3.8, 4) is 0 Å². The zero-order valence-electron chi connectivity index (χ0n) is 8.63. The highest BCUT2D eigenvalue weighted by molar-refractivity contribution is 5.65. The molecule has 0 aromatic heterocycles. The van der Waals surface area contributed by atoms with Gasteiger partial charge in [-0.15, -0.1) is 0 Å². The van der Waals surface area contributed by atoms with Gasteiger partial charge in [0.15, 0.2) is 0 Å². The number of ether oxygens (including phenoxy) is 1. The maximum absolute atomic E-state index is 5.71. The van der Waals surface area contributed by atoms with Crippen molar-refractivity contribution >= 4 is 5.69 Å². The molecule has 0 radical (unpaired) electrons. The van der Waals surface area contributed by atoms with Gasteiger partial charge in [-0.2, -0.15) is 0 Å². The van der Waals surface area contributed by atoms with Gasteiger partial charge in [0.05, 0.1) is 6.61 Å². The molecule has 0 amide bonds. The normalized spacial score (nSPS) is 33.7. The molecular formula is C12H15NO. The molecular weight excluding hydrogens is 174 g/mol. The van der Waals surface area contributed by atoms with E-state index in [1.54, 1.807) is 0 Å². The van der Waals surface area contributed by atoms with Gasteiger partial charge in [0, 0.05) is 11.1 Å². The summed E-state index contributed by atoms with van der Waals surface area (Å²) >= 11 is 0. The van der Waals surface area contributed by atoms with Gasteiger partial charge in [0.2, 0.25) is 0 Å². The van der Waals surface area contributed by atoms with E-state index in [1.807, 2.05) is 0 Å². The van der Waals surface area contributed by atoms with E-state index in [0.29, 0.717) is 0 Å². The standard InChI is InChI=1S/C12H15NO/c1-8-4-3-5-9-10(8)13-11-12(9,2)6-7-14-11/h3-5,11,13H,6-7H2,1-2H3/t11-,12-/m0/s1. The van der Waals surface area contributed by atoms with Crippen molar-refractivity contribution in [3.63, 3.8) is 0 Å². The Morgan fingerprint density at radius 2 is 2.36 bits per heavy atom. The maximum Gasteiger partial charge on any atom is 0.137 e. The van der Waals surface area contributed by atoms with Crippen molar-refractivity contribution in [2.75, 3.05) is 11.9 Å². The monoisotopic (exact) mass is 189 g/mol. The lowest BCUT2D eigenvalue weighted by Crippen LogP contribution is -2.31. The average Bonchev–Trinajstić information content (AvgIpc) is 2.62. The second-order valence-corrected chi connectivity index (χ2v) is 4.56. The highest BCUT2D eigenvalue weighted by Crippen LogP contribution is 2.48. The van der Waals surface area contributed by atoms with E-state index in [1.165, 1.54) is 16.8 Å². The van der Waals surface area contributed by atoms with Crippen molar-refractivity contribution in [2.24, 2.45) is 0 Å². The number of anilines is 1. The summed E-state index contributed by atoms with van der Waals surface area (Å²) in [5, 5.41) is 3.48. The van der Waals surface area contributed by atoms with Crippen LogP contribution in [0.5, 0.6) is 0 Å². The number of rotatable bonds is 0. The van der Waals surface area contributed by atoms with Gasteiger partial charge >= 0.3 is 0 Å². The Labute approximate surface area is 84.3 Å². The minimum atomic E-state index is 0.193. The smallest absolute Gasteiger partial charge is 0.137 e. The first-order chi connectivity index (χ1) is 6.72. The third kappa shape index (κ3) is 0.845. The first kappa shape index (κ1) is 8.30. The van der Waals surface area contributed by atoms with Crippen molar-refractivity contribution in [2.45, 2.75) is 31.9 Å². The van der Waals surface area contributed by atoms with Gasteiger partial charge < -0.3 is 10.1 Å². The Hall–Kier alpha value is -1.02. The van der Waals surface area contributed by atoms with Crippen molar-refractivity contribution in [3.05, 3.63) is 29.3 Å². The van der Waals surface area contributed by atoms with Gasteiger partial charge in [-0.1, -0.05) is 25.1 Å². The van der Waals surface area contributed by atoms with Crippen LogP contribution in [-0.4, -0.2) is 12.8 Å². The lowest BCUT2D eigenvalue weighted by atomic mass is 9.81. The molecule has 74 valence electrons. The van der Waals surface area contributed by atoms with Crippen LogP contribution in [0.3, 0.4) is 0 Å². The molecule has 0 bridgehead atoms. The van der Waals surface area contributed by atoms with Gasteiger partial charge in [-0.25, -0.2) is 0 Å². The Balaban J connectivity index is 2.20. The number of aryl methyl sites for hydroxylation is 1. The Kier molecular flexibility index (Phi) is 1.49. The molecule has 1 saturated heterocycles. The summed E-state index contributed by atoms with van der Waals surface area (Å²) in [6.07, 6.45) is 1.32. The first-order valence-corrected chi connectivity index (χ1v) is 5.20. The van der Waals surface area contributed by atoms with Crippen LogP contribution >= 0.6 is 0 Å². The van der Waals surface area contributed by atoms with Crippen LogP contribution in [0.15, 0.2) is 18.2 Å². The molecule has 1 N–H and O–H groups in total. The molecule has 14 heavy (non-hydrogen) atoms. The highest BCUT2D eigenvalue weighted by Gasteiger charge is 2.47. The summed E-state index contributed by atoms with van der Waals surface area (Å²) < 4.78 is 5.71. The largest absolute Gasteiger partial charge is 0.359 e. The topological polar surface area (TPSA) is 21.3 Å². The summed E-state index contributed by atoms with van der Waals surface area (Å²) in [6, 6.07) is 6.52. The fourth-order valence-electron chi connectivity index (χ4n) is 2.65. The predicted molar refractivity (Wildman–Crippen MR) is 56.5 cm³/mol. The molecule has 2 aliphatic rings. The zero-order valence-corrected chi connectivity index (χ0v) is 8.63. The van der Waals surface area contributed by atoms with Crippen LogP contribution < -0.4 is 5.32 Å². The molecule has 1 aromatic rings. The van der Waals surface area contributed by atoms with E-state index in [4.69, 9.17) is 4.74 Å². The highest BCUT2D eigenvalue weighted by atomic mass is 16.5. The molecule has 2 heterocycles. The van der Waals surface area contributed by atoms with Gasteiger partial charge in [-0.3, -0.25) is 0 Å². The molecule has 0 saturated carbocycles. The Bertz CT molecular complexity index is 388.